The van der Waals surface area contributed by atoms with Crippen molar-refractivity contribution in [2.75, 3.05) is 5.73 Å². The highest BCUT2D eigenvalue weighted by Crippen LogP contribution is 2.32. The molecule has 1 atom stereocenters. The van der Waals surface area contributed by atoms with Gasteiger partial charge in [-0.15, -0.1) is 5.10 Å². The third-order valence-electron chi connectivity index (χ3n) is 3.95. The molecule has 0 fully saturated rings. The number of nitrogen functional groups attached to an aromatic ring is 1. The molecule has 2 N–H and O–H groups in total. The van der Waals surface area contributed by atoms with Crippen molar-refractivity contribution in [3.05, 3.63) is 48.2 Å². The van der Waals surface area contributed by atoms with Crippen molar-refractivity contribution in [2.45, 2.75) is 26.1 Å². The van der Waals surface area contributed by atoms with Gasteiger partial charge in [0.2, 0.25) is 5.88 Å². The first-order chi connectivity index (χ1) is 11.8. The van der Waals surface area contributed by atoms with E-state index in [4.69, 9.17) is 10.5 Å². The highest BCUT2D eigenvalue weighted by atomic mass is 19.4. The predicted molar refractivity (Wildman–Crippen MR) is 90.3 cm³/mol. The zero-order valence-electron chi connectivity index (χ0n) is 13.6. The van der Waals surface area contributed by atoms with Gasteiger partial charge in [-0.3, -0.25) is 0 Å². The Morgan fingerprint density at radius 3 is 2.60 bits per heavy atom. The van der Waals surface area contributed by atoms with Crippen LogP contribution in [0.25, 0.3) is 21.9 Å². The van der Waals surface area contributed by atoms with Crippen LogP contribution >= 0.6 is 0 Å². The molecule has 3 rings (SSSR count). The number of benzene rings is 2. The fraction of sp³-hybridized carbons (Fsp3) is 0.222. The van der Waals surface area contributed by atoms with Gasteiger partial charge in [-0.05, 0) is 54.8 Å². The summed E-state index contributed by atoms with van der Waals surface area (Å²) in [5.74, 6) is -0.141. The summed E-state index contributed by atoms with van der Waals surface area (Å²) in [5.41, 5.74) is 9.36. The van der Waals surface area contributed by atoms with Crippen LogP contribution in [0.5, 0.6) is 5.88 Å². The normalized spacial score (nSPS) is 13.0. The standard InChI is InChI=1S/C18H16F3N3O/c1-10-3-5-14(22)8-16(10)12-4-6-15-13(7-12)9-23-24-17(15)25-11(2)18(19,20)21/h3-9,11H,22H2,1-2H3/t11-/m0/s1. The first-order valence-electron chi connectivity index (χ1n) is 7.61. The maximum absolute atomic E-state index is 12.7. The zero-order valence-corrected chi connectivity index (χ0v) is 13.6. The van der Waals surface area contributed by atoms with Crippen molar-refractivity contribution in [2.24, 2.45) is 0 Å². The van der Waals surface area contributed by atoms with E-state index >= 15 is 0 Å². The highest BCUT2D eigenvalue weighted by Gasteiger charge is 2.38. The molecule has 0 aliphatic rings. The number of rotatable bonds is 3. The van der Waals surface area contributed by atoms with Gasteiger partial charge in [-0.25, -0.2) is 0 Å². The van der Waals surface area contributed by atoms with E-state index < -0.39 is 12.3 Å². The molecule has 0 bridgehead atoms. The Balaban J connectivity index is 2.04. The van der Waals surface area contributed by atoms with Gasteiger partial charge in [0.25, 0.3) is 0 Å². The second kappa shape index (κ2) is 6.23. The summed E-state index contributed by atoms with van der Waals surface area (Å²) >= 11 is 0. The smallest absolute Gasteiger partial charge is 0.425 e. The maximum atomic E-state index is 12.7. The molecule has 0 radical (unpaired) electrons. The highest BCUT2D eigenvalue weighted by molar-refractivity contribution is 5.90. The van der Waals surface area contributed by atoms with Crippen LogP contribution in [0.4, 0.5) is 18.9 Å². The van der Waals surface area contributed by atoms with E-state index in [9.17, 15) is 13.2 Å². The maximum Gasteiger partial charge on any atom is 0.425 e. The molecule has 1 aromatic heterocycles. The Kier molecular flexibility index (Phi) is 4.24. The number of hydrogen-bond acceptors (Lipinski definition) is 4. The van der Waals surface area contributed by atoms with E-state index in [-0.39, 0.29) is 5.88 Å². The van der Waals surface area contributed by atoms with E-state index in [0.29, 0.717) is 16.5 Å². The van der Waals surface area contributed by atoms with E-state index in [1.165, 1.54) is 6.20 Å². The molecule has 130 valence electrons. The Morgan fingerprint density at radius 2 is 1.88 bits per heavy atom. The molecule has 0 unspecified atom stereocenters. The lowest BCUT2D eigenvalue weighted by molar-refractivity contribution is -0.189. The predicted octanol–water partition coefficient (Wildman–Crippen LogP) is 4.52. The summed E-state index contributed by atoms with van der Waals surface area (Å²) in [4.78, 5) is 0. The molecule has 4 nitrogen and oxygen atoms in total. The van der Waals surface area contributed by atoms with Gasteiger partial charge >= 0.3 is 6.18 Å². The van der Waals surface area contributed by atoms with Crippen LogP contribution in [0.3, 0.4) is 0 Å². The summed E-state index contributed by atoms with van der Waals surface area (Å²) < 4.78 is 43.1. The van der Waals surface area contributed by atoms with E-state index in [0.717, 1.165) is 23.6 Å². The molecule has 0 aliphatic carbocycles. The number of aryl methyl sites for hydroxylation is 1. The molecule has 0 saturated heterocycles. The number of aromatic nitrogens is 2. The van der Waals surface area contributed by atoms with Crippen LogP contribution in [0, 0.1) is 6.92 Å². The molecular formula is C18H16F3N3O. The summed E-state index contributed by atoms with van der Waals surface area (Å²) in [6.07, 6.45) is -4.95. The summed E-state index contributed by atoms with van der Waals surface area (Å²) in [5, 5.41) is 8.56. The molecule has 1 heterocycles. The van der Waals surface area contributed by atoms with Gasteiger partial charge in [0.1, 0.15) is 0 Å². The lowest BCUT2D eigenvalue weighted by Crippen LogP contribution is -2.31. The average Bonchev–Trinajstić information content (AvgIpc) is 2.56. The summed E-state index contributed by atoms with van der Waals surface area (Å²) in [6, 6.07) is 10.9. The van der Waals surface area contributed by atoms with Gasteiger partial charge in [0.05, 0.1) is 6.20 Å². The number of ether oxygens (including phenoxy) is 1. The number of alkyl halides is 3. The quantitative estimate of drug-likeness (QED) is 0.708. The fourth-order valence-electron chi connectivity index (χ4n) is 2.50. The van der Waals surface area contributed by atoms with Crippen molar-refractivity contribution in [1.82, 2.24) is 10.2 Å². The summed E-state index contributed by atoms with van der Waals surface area (Å²) in [7, 11) is 0. The lowest BCUT2D eigenvalue weighted by atomic mass is 9.98. The van der Waals surface area contributed by atoms with Crippen LogP contribution in [0.15, 0.2) is 42.6 Å². The van der Waals surface area contributed by atoms with Crippen molar-refractivity contribution in [3.8, 4) is 17.0 Å². The van der Waals surface area contributed by atoms with Crippen LogP contribution in [0.2, 0.25) is 0 Å². The number of hydrogen-bond donors (Lipinski definition) is 1. The third kappa shape index (κ3) is 3.50. The van der Waals surface area contributed by atoms with Crippen LogP contribution in [-0.2, 0) is 0 Å². The molecule has 0 amide bonds. The van der Waals surface area contributed by atoms with Crippen molar-refractivity contribution in [3.63, 3.8) is 0 Å². The second-order valence-electron chi connectivity index (χ2n) is 5.83. The van der Waals surface area contributed by atoms with Gasteiger partial charge < -0.3 is 10.5 Å². The monoisotopic (exact) mass is 347 g/mol. The third-order valence-corrected chi connectivity index (χ3v) is 3.95. The molecule has 0 aliphatic heterocycles. The number of halogens is 3. The number of anilines is 1. The largest absolute Gasteiger partial charge is 0.463 e. The number of nitrogens with two attached hydrogens (primary N) is 1. The molecule has 7 heteroatoms. The fourth-order valence-corrected chi connectivity index (χ4v) is 2.50. The zero-order chi connectivity index (χ0) is 18.2. The first-order valence-corrected chi connectivity index (χ1v) is 7.61. The van der Waals surface area contributed by atoms with Gasteiger partial charge in [0, 0.05) is 16.5 Å². The molecule has 2 aromatic carbocycles. The van der Waals surface area contributed by atoms with Gasteiger partial charge in [-0.1, -0.05) is 12.1 Å². The minimum absolute atomic E-state index is 0.141. The van der Waals surface area contributed by atoms with Crippen molar-refractivity contribution >= 4 is 16.5 Å². The molecule has 25 heavy (non-hydrogen) atoms. The topological polar surface area (TPSA) is 61.0 Å². The van der Waals surface area contributed by atoms with Crippen molar-refractivity contribution in [1.29, 1.82) is 0 Å². The van der Waals surface area contributed by atoms with Crippen molar-refractivity contribution < 1.29 is 17.9 Å². The number of nitrogens with zero attached hydrogens (tertiary/aromatic N) is 2. The Hall–Kier alpha value is -2.83. The van der Waals surface area contributed by atoms with Gasteiger partial charge in [0.15, 0.2) is 6.10 Å². The Labute approximate surface area is 142 Å². The second-order valence-corrected chi connectivity index (χ2v) is 5.83. The summed E-state index contributed by atoms with van der Waals surface area (Å²) in [6.45, 7) is 2.90. The minimum atomic E-state index is -4.47. The number of fused-ring (bicyclic) bond motifs is 1. The Morgan fingerprint density at radius 1 is 1.12 bits per heavy atom. The van der Waals surface area contributed by atoms with Crippen LogP contribution < -0.4 is 10.5 Å². The average molecular weight is 347 g/mol. The van der Waals surface area contributed by atoms with Gasteiger partial charge in [-0.2, -0.15) is 18.3 Å². The molecule has 0 saturated carbocycles. The first kappa shape index (κ1) is 17.0. The lowest BCUT2D eigenvalue weighted by Gasteiger charge is -2.17. The van der Waals surface area contributed by atoms with E-state index in [1.54, 1.807) is 12.1 Å². The molecule has 3 aromatic rings. The SMILES string of the molecule is Cc1ccc(N)cc1-c1ccc2c(O[C@@H](C)C(F)(F)F)nncc2c1. The van der Waals surface area contributed by atoms with E-state index in [2.05, 4.69) is 10.2 Å². The van der Waals surface area contributed by atoms with Crippen LogP contribution in [0.1, 0.15) is 12.5 Å². The molecule has 0 spiro atoms. The minimum Gasteiger partial charge on any atom is -0.463 e. The van der Waals surface area contributed by atoms with E-state index in [1.807, 2.05) is 31.2 Å². The Bertz CT molecular complexity index is 925. The molecular weight excluding hydrogens is 331 g/mol. The van der Waals surface area contributed by atoms with Crippen LogP contribution in [-0.4, -0.2) is 22.5 Å².